The van der Waals surface area contributed by atoms with Crippen molar-refractivity contribution in [1.82, 2.24) is 0 Å². The Kier molecular flexibility index (Phi) is 7.98. The van der Waals surface area contributed by atoms with Crippen LogP contribution in [0.1, 0.15) is 11.1 Å². The number of rotatable bonds is 7. The Morgan fingerprint density at radius 2 is 1.64 bits per heavy atom. The Labute approximate surface area is 161 Å². The summed E-state index contributed by atoms with van der Waals surface area (Å²) < 4.78 is 12.4. The molecular weight excluding hydrogens is 427 g/mol. The van der Waals surface area contributed by atoms with E-state index in [0.717, 1.165) is 22.5 Å². The van der Waals surface area contributed by atoms with Gasteiger partial charge < -0.3 is 9.47 Å². The van der Waals surface area contributed by atoms with Crippen LogP contribution < -0.4 is 0 Å². The number of hydrogen-bond acceptors (Lipinski definition) is 3. The van der Waals surface area contributed by atoms with Crippen LogP contribution in [-0.2, 0) is 20.9 Å². The van der Waals surface area contributed by atoms with Gasteiger partial charge in [-0.05, 0) is 51.4 Å². The van der Waals surface area contributed by atoms with Gasteiger partial charge in [-0.2, -0.15) is 0 Å². The first kappa shape index (κ1) is 19.0. The standard InChI is InChI=1S/C21H19IO3/c1-24-21(23)13-12-19(18-10-6-3-7-11-18)14-20(15-22)25-16-17-8-4-2-5-9-17/h2-15H,16H2,1H3/b13-12+,19-14+,20-15+. The highest BCUT2D eigenvalue weighted by atomic mass is 127. The van der Waals surface area contributed by atoms with Crippen LogP contribution in [0.3, 0.4) is 0 Å². The molecule has 4 heteroatoms. The van der Waals surface area contributed by atoms with Crippen molar-refractivity contribution in [3.05, 3.63) is 99.9 Å². The molecule has 0 aliphatic rings. The second-order valence-electron chi connectivity index (χ2n) is 5.11. The summed E-state index contributed by atoms with van der Waals surface area (Å²) in [5.41, 5.74) is 2.95. The molecule has 0 aliphatic carbocycles. The minimum Gasteiger partial charge on any atom is -0.488 e. The molecule has 0 saturated carbocycles. The Morgan fingerprint density at radius 3 is 2.24 bits per heavy atom. The van der Waals surface area contributed by atoms with Crippen molar-refractivity contribution < 1.29 is 14.3 Å². The summed E-state index contributed by atoms with van der Waals surface area (Å²) in [6, 6.07) is 19.8. The van der Waals surface area contributed by atoms with Gasteiger partial charge in [-0.3, -0.25) is 0 Å². The second-order valence-corrected chi connectivity index (χ2v) is 5.73. The van der Waals surface area contributed by atoms with E-state index >= 15 is 0 Å². The molecule has 0 atom stereocenters. The fourth-order valence-corrected chi connectivity index (χ4v) is 2.44. The molecule has 0 spiro atoms. The molecule has 25 heavy (non-hydrogen) atoms. The molecular formula is C21H19IO3. The summed E-state index contributed by atoms with van der Waals surface area (Å²) >= 11 is 2.15. The number of carbonyl (C=O) groups excluding carboxylic acids is 1. The largest absolute Gasteiger partial charge is 0.488 e. The highest BCUT2D eigenvalue weighted by Crippen LogP contribution is 2.20. The summed E-state index contributed by atoms with van der Waals surface area (Å²) in [4.78, 5) is 11.4. The van der Waals surface area contributed by atoms with Gasteiger partial charge in [-0.15, -0.1) is 0 Å². The van der Waals surface area contributed by atoms with Crippen molar-refractivity contribution in [2.75, 3.05) is 7.11 Å². The Hall–Kier alpha value is -2.34. The fraction of sp³-hybridized carbons (Fsp3) is 0.0952. The number of hydrogen-bond donors (Lipinski definition) is 0. The highest BCUT2D eigenvalue weighted by molar-refractivity contribution is 14.1. The van der Waals surface area contributed by atoms with Crippen LogP contribution in [-0.4, -0.2) is 13.1 Å². The summed E-state index contributed by atoms with van der Waals surface area (Å²) in [5, 5.41) is 0. The molecule has 3 nitrogen and oxygen atoms in total. The summed E-state index contributed by atoms with van der Waals surface area (Å²) in [6.07, 6.45) is 5.04. The molecule has 2 aromatic rings. The van der Waals surface area contributed by atoms with E-state index in [1.807, 2.05) is 70.8 Å². The minimum atomic E-state index is -0.396. The SMILES string of the molecule is COC(=O)/C=C/C(=C\C(=C/I)OCc1ccccc1)c1ccccc1. The lowest BCUT2D eigenvalue weighted by Crippen LogP contribution is -1.95. The van der Waals surface area contributed by atoms with Gasteiger partial charge in [0.1, 0.15) is 12.4 Å². The van der Waals surface area contributed by atoms with Crippen molar-refractivity contribution in [3.8, 4) is 0 Å². The average Bonchev–Trinajstić information content (AvgIpc) is 2.68. The molecule has 0 aromatic heterocycles. The summed E-state index contributed by atoms with van der Waals surface area (Å²) in [7, 11) is 1.36. The molecule has 0 amide bonds. The van der Waals surface area contributed by atoms with Crippen molar-refractivity contribution in [1.29, 1.82) is 0 Å². The molecule has 128 valence electrons. The Morgan fingerprint density at radius 1 is 1.00 bits per heavy atom. The number of esters is 1. The first-order valence-electron chi connectivity index (χ1n) is 7.73. The maximum Gasteiger partial charge on any atom is 0.330 e. The number of carbonyl (C=O) groups is 1. The maximum atomic E-state index is 11.4. The second kappa shape index (κ2) is 10.5. The predicted octanol–water partition coefficient (Wildman–Crippen LogP) is 5.29. The number of ether oxygens (including phenoxy) is 2. The van der Waals surface area contributed by atoms with E-state index in [1.54, 1.807) is 6.08 Å². The predicted molar refractivity (Wildman–Crippen MR) is 109 cm³/mol. The van der Waals surface area contributed by atoms with Gasteiger partial charge >= 0.3 is 5.97 Å². The fourth-order valence-electron chi connectivity index (χ4n) is 2.08. The normalized spacial score (nSPS) is 12.2. The van der Waals surface area contributed by atoms with E-state index in [4.69, 9.17) is 4.74 Å². The molecule has 0 N–H and O–H groups in total. The number of halogens is 1. The number of methoxy groups -OCH3 is 1. The van der Waals surface area contributed by atoms with Crippen molar-refractivity contribution in [2.24, 2.45) is 0 Å². The van der Waals surface area contributed by atoms with Crippen molar-refractivity contribution in [2.45, 2.75) is 6.61 Å². The third kappa shape index (κ3) is 6.58. The first-order chi connectivity index (χ1) is 12.2. The van der Waals surface area contributed by atoms with E-state index in [1.165, 1.54) is 13.2 Å². The first-order valence-corrected chi connectivity index (χ1v) is 8.97. The van der Waals surface area contributed by atoms with Gasteiger partial charge in [-0.1, -0.05) is 60.7 Å². The molecule has 0 radical (unpaired) electrons. The van der Waals surface area contributed by atoms with Crippen LogP contribution in [0.4, 0.5) is 0 Å². The van der Waals surface area contributed by atoms with Crippen LogP contribution in [0.2, 0.25) is 0 Å². The molecule has 0 fully saturated rings. The number of benzene rings is 2. The average molecular weight is 446 g/mol. The minimum absolute atomic E-state index is 0.396. The van der Waals surface area contributed by atoms with Gasteiger partial charge in [-0.25, -0.2) is 4.79 Å². The topological polar surface area (TPSA) is 35.5 Å². The van der Waals surface area contributed by atoms with Crippen LogP contribution in [0.5, 0.6) is 0 Å². The summed E-state index contributed by atoms with van der Waals surface area (Å²) in [5.74, 6) is 0.324. The number of allylic oxidation sites excluding steroid dienone is 3. The quantitative estimate of drug-likeness (QED) is 0.191. The van der Waals surface area contributed by atoms with Crippen molar-refractivity contribution >= 4 is 34.1 Å². The molecule has 0 bridgehead atoms. The van der Waals surface area contributed by atoms with Gasteiger partial charge in [0, 0.05) is 10.2 Å². The zero-order valence-electron chi connectivity index (χ0n) is 13.9. The lowest BCUT2D eigenvalue weighted by molar-refractivity contribution is -0.134. The van der Waals surface area contributed by atoms with Crippen LogP contribution in [0, 0.1) is 0 Å². The third-order valence-electron chi connectivity index (χ3n) is 3.36. The lowest BCUT2D eigenvalue weighted by Gasteiger charge is -2.09. The van der Waals surface area contributed by atoms with Gasteiger partial charge in [0.15, 0.2) is 0 Å². The Balaban J connectivity index is 2.21. The molecule has 0 heterocycles. The highest BCUT2D eigenvalue weighted by Gasteiger charge is 2.03. The maximum absolute atomic E-state index is 11.4. The monoisotopic (exact) mass is 446 g/mol. The molecule has 2 rings (SSSR count). The van der Waals surface area contributed by atoms with E-state index < -0.39 is 5.97 Å². The van der Waals surface area contributed by atoms with E-state index in [9.17, 15) is 4.79 Å². The molecule has 0 aliphatic heterocycles. The van der Waals surface area contributed by atoms with Crippen LogP contribution >= 0.6 is 22.6 Å². The lowest BCUT2D eigenvalue weighted by atomic mass is 10.0. The smallest absolute Gasteiger partial charge is 0.330 e. The summed E-state index contributed by atoms with van der Waals surface area (Å²) in [6.45, 7) is 0.481. The molecule has 0 unspecified atom stereocenters. The van der Waals surface area contributed by atoms with Crippen LogP contribution in [0.15, 0.2) is 88.7 Å². The van der Waals surface area contributed by atoms with Gasteiger partial charge in [0.25, 0.3) is 0 Å². The van der Waals surface area contributed by atoms with Gasteiger partial charge in [0.2, 0.25) is 0 Å². The third-order valence-corrected chi connectivity index (χ3v) is 3.97. The van der Waals surface area contributed by atoms with Gasteiger partial charge in [0.05, 0.1) is 7.11 Å². The van der Waals surface area contributed by atoms with Crippen molar-refractivity contribution in [3.63, 3.8) is 0 Å². The molecule has 2 aromatic carbocycles. The van der Waals surface area contributed by atoms with Crippen LogP contribution in [0.25, 0.3) is 5.57 Å². The van der Waals surface area contributed by atoms with E-state index in [2.05, 4.69) is 27.3 Å². The zero-order valence-corrected chi connectivity index (χ0v) is 16.1. The van der Waals surface area contributed by atoms with E-state index in [-0.39, 0.29) is 0 Å². The zero-order chi connectivity index (χ0) is 17.9. The Bertz CT molecular complexity index is 762. The molecule has 0 saturated heterocycles. The van der Waals surface area contributed by atoms with E-state index in [0.29, 0.717) is 6.61 Å².